The summed E-state index contributed by atoms with van der Waals surface area (Å²) in [5.41, 5.74) is 3.62. The zero-order valence-corrected chi connectivity index (χ0v) is 20.1. The van der Waals surface area contributed by atoms with Crippen LogP contribution in [0.4, 0.5) is 15.8 Å². The van der Waals surface area contributed by atoms with Gasteiger partial charge in [0.05, 0.1) is 5.69 Å². The standard InChI is InChI=1S/C30H26FNO3/c1-17-8-7-9-22(12-17)32-26-11-6-5-10-23(26)30(29(32)35,21-13-19(3)28(34)20(4)14-21)24-16-25(31)18(2)15-27(24)33/h5-16,33-34H,1-4H3. The van der Waals surface area contributed by atoms with Crippen molar-refractivity contribution in [1.29, 1.82) is 0 Å². The van der Waals surface area contributed by atoms with Gasteiger partial charge < -0.3 is 10.2 Å². The van der Waals surface area contributed by atoms with Gasteiger partial charge >= 0.3 is 0 Å². The molecule has 1 aliphatic heterocycles. The molecule has 0 saturated heterocycles. The van der Waals surface area contributed by atoms with Crippen molar-refractivity contribution in [1.82, 2.24) is 0 Å². The maximum absolute atomic E-state index is 15.0. The molecular formula is C30H26FNO3. The minimum absolute atomic E-state index is 0.137. The molecule has 1 amide bonds. The predicted octanol–water partition coefficient (Wildman–Crippen LogP) is 6.48. The Morgan fingerprint density at radius 2 is 1.46 bits per heavy atom. The Balaban J connectivity index is 1.94. The number of rotatable bonds is 3. The lowest BCUT2D eigenvalue weighted by atomic mass is 9.69. The van der Waals surface area contributed by atoms with Crippen LogP contribution >= 0.6 is 0 Å². The molecule has 0 aliphatic carbocycles. The molecular weight excluding hydrogens is 441 g/mol. The Morgan fingerprint density at radius 1 is 0.771 bits per heavy atom. The Labute approximate surface area is 203 Å². The lowest BCUT2D eigenvalue weighted by Crippen LogP contribution is -2.40. The molecule has 4 aromatic carbocycles. The molecule has 35 heavy (non-hydrogen) atoms. The number of halogens is 1. The van der Waals surface area contributed by atoms with Crippen LogP contribution < -0.4 is 4.90 Å². The Kier molecular flexibility index (Phi) is 5.17. The van der Waals surface area contributed by atoms with E-state index in [4.69, 9.17) is 0 Å². The predicted molar refractivity (Wildman–Crippen MR) is 135 cm³/mol. The second-order valence-electron chi connectivity index (χ2n) is 9.32. The second-order valence-corrected chi connectivity index (χ2v) is 9.32. The van der Waals surface area contributed by atoms with E-state index in [1.165, 1.54) is 12.1 Å². The summed E-state index contributed by atoms with van der Waals surface area (Å²) in [4.78, 5) is 16.3. The molecule has 1 atom stereocenters. The fourth-order valence-electron chi connectivity index (χ4n) is 5.24. The van der Waals surface area contributed by atoms with Crippen LogP contribution in [0.5, 0.6) is 11.5 Å². The van der Waals surface area contributed by atoms with E-state index in [0.29, 0.717) is 33.6 Å². The summed E-state index contributed by atoms with van der Waals surface area (Å²) in [6.45, 7) is 7.05. The summed E-state index contributed by atoms with van der Waals surface area (Å²) < 4.78 is 15.0. The minimum Gasteiger partial charge on any atom is -0.508 e. The number of amides is 1. The average Bonchev–Trinajstić information content (AvgIpc) is 3.08. The fraction of sp³-hybridized carbons (Fsp3) is 0.167. The fourth-order valence-corrected chi connectivity index (χ4v) is 5.24. The number of hydrogen-bond donors (Lipinski definition) is 2. The molecule has 5 heteroatoms. The van der Waals surface area contributed by atoms with E-state index in [1.54, 1.807) is 37.8 Å². The number of aryl methyl sites for hydroxylation is 4. The van der Waals surface area contributed by atoms with Gasteiger partial charge in [-0.05, 0) is 85.8 Å². The van der Waals surface area contributed by atoms with Gasteiger partial charge in [0, 0.05) is 16.8 Å². The van der Waals surface area contributed by atoms with Crippen molar-refractivity contribution >= 4 is 17.3 Å². The maximum atomic E-state index is 15.0. The zero-order valence-electron chi connectivity index (χ0n) is 20.1. The van der Waals surface area contributed by atoms with Crippen LogP contribution in [0.15, 0.2) is 72.8 Å². The van der Waals surface area contributed by atoms with Crippen molar-refractivity contribution in [3.05, 3.63) is 118 Å². The molecule has 0 aromatic heterocycles. The summed E-state index contributed by atoms with van der Waals surface area (Å²) in [7, 11) is 0. The number of para-hydroxylation sites is 1. The van der Waals surface area contributed by atoms with Gasteiger partial charge in [0.1, 0.15) is 22.7 Å². The number of benzene rings is 4. The third-order valence-electron chi connectivity index (χ3n) is 6.94. The molecule has 1 unspecified atom stereocenters. The lowest BCUT2D eigenvalue weighted by molar-refractivity contribution is -0.120. The van der Waals surface area contributed by atoms with Crippen molar-refractivity contribution in [3.63, 3.8) is 0 Å². The highest BCUT2D eigenvalue weighted by Gasteiger charge is 2.55. The maximum Gasteiger partial charge on any atom is 0.251 e. The minimum atomic E-state index is -1.53. The van der Waals surface area contributed by atoms with Crippen molar-refractivity contribution in [2.75, 3.05) is 4.90 Å². The first-order valence-electron chi connectivity index (χ1n) is 11.5. The van der Waals surface area contributed by atoms with Crippen molar-refractivity contribution < 1.29 is 19.4 Å². The average molecular weight is 468 g/mol. The van der Waals surface area contributed by atoms with Gasteiger partial charge in [-0.3, -0.25) is 9.69 Å². The molecule has 0 spiro atoms. The molecule has 0 bridgehead atoms. The number of nitrogens with zero attached hydrogens (tertiary/aromatic N) is 1. The number of fused-ring (bicyclic) bond motifs is 1. The van der Waals surface area contributed by atoms with Gasteiger partial charge in [-0.1, -0.05) is 42.5 Å². The van der Waals surface area contributed by atoms with Crippen LogP contribution in [-0.2, 0) is 10.2 Å². The third kappa shape index (κ3) is 3.22. The highest BCUT2D eigenvalue weighted by Crippen LogP contribution is 2.55. The summed E-state index contributed by atoms with van der Waals surface area (Å²) >= 11 is 0. The van der Waals surface area contributed by atoms with Gasteiger partial charge in [-0.15, -0.1) is 0 Å². The van der Waals surface area contributed by atoms with Crippen molar-refractivity contribution in [2.45, 2.75) is 33.1 Å². The third-order valence-corrected chi connectivity index (χ3v) is 6.94. The number of carbonyl (C=O) groups excluding carboxylic acids is 1. The van der Waals surface area contributed by atoms with Gasteiger partial charge in [0.15, 0.2) is 0 Å². The van der Waals surface area contributed by atoms with Crippen LogP contribution in [0.2, 0.25) is 0 Å². The largest absolute Gasteiger partial charge is 0.508 e. The van der Waals surface area contributed by atoms with Crippen LogP contribution in [0, 0.1) is 33.5 Å². The number of hydrogen-bond acceptors (Lipinski definition) is 3. The molecule has 0 fully saturated rings. The molecule has 176 valence electrons. The Bertz CT molecular complexity index is 1490. The number of anilines is 2. The van der Waals surface area contributed by atoms with Gasteiger partial charge in [0.2, 0.25) is 0 Å². The van der Waals surface area contributed by atoms with E-state index in [-0.39, 0.29) is 28.5 Å². The van der Waals surface area contributed by atoms with Crippen molar-refractivity contribution in [2.24, 2.45) is 0 Å². The molecule has 4 aromatic rings. The number of phenolic OH excluding ortho intramolecular Hbond substituents is 2. The van der Waals surface area contributed by atoms with E-state index < -0.39 is 11.2 Å². The monoisotopic (exact) mass is 467 g/mol. The van der Waals surface area contributed by atoms with Gasteiger partial charge in [-0.25, -0.2) is 4.39 Å². The first kappa shape index (κ1) is 22.7. The van der Waals surface area contributed by atoms with E-state index in [2.05, 4.69) is 0 Å². The Hall–Kier alpha value is -4.12. The van der Waals surface area contributed by atoms with Gasteiger partial charge in [-0.2, -0.15) is 0 Å². The van der Waals surface area contributed by atoms with Gasteiger partial charge in [0.25, 0.3) is 5.91 Å². The first-order chi connectivity index (χ1) is 16.7. The molecule has 5 rings (SSSR count). The normalized spacial score (nSPS) is 17.1. The van der Waals surface area contributed by atoms with E-state index >= 15 is 4.39 Å². The molecule has 2 N–H and O–H groups in total. The van der Waals surface area contributed by atoms with Crippen LogP contribution in [0.3, 0.4) is 0 Å². The van der Waals surface area contributed by atoms with E-state index in [1.807, 2.05) is 55.5 Å². The summed E-state index contributed by atoms with van der Waals surface area (Å²) in [6, 6.07) is 21.1. The molecule has 1 aliphatic rings. The number of aromatic hydroxyl groups is 2. The van der Waals surface area contributed by atoms with Crippen LogP contribution in [-0.4, -0.2) is 16.1 Å². The lowest BCUT2D eigenvalue weighted by Gasteiger charge is -2.32. The topological polar surface area (TPSA) is 60.8 Å². The van der Waals surface area contributed by atoms with E-state index in [9.17, 15) is 15.0 Å². The van der Waals surface area contributed by atoms with E-state index in [0.717, 1.165) is 5.56 Å². The number of phenols is 2. The Morgan fingerprint density at radius 3 is 2.14 bits per heavy atom. The molecule has 0 radical (unpaired) electrons. The smallest absolute Gasteiger partial charge is 0.251 e. The molecule has 4 nitrogen and oxygen atoms in total. The highest BCUT2D eigenvalue weighted by molar-refractivity contribution is 6.17. The van der Waals surface area contributed by atoms with Crippen molar-refractivity contribution in [3.8, 4) is 11.5 Å². The molecule has 0 saturated carbocycles. The number of carbonyl (C=O) groups is 1. The highest BCUT2D eigenvalue weighted by atomic mass is 19.1. The summed E-state index contributed by atoms with van der Waals surface area (Å²) in [5, 5.41) is 21.6. The summed E-state index contributed by atoms with van der Waals surface area (Å²) in [5.74, 6) is -0.866. The molecule has 1 heterocycles. The van der Waals surface area contributed by atoms with Crippen LogP contribution in [0.1, 0.15) is 38.9 Å². The SMILES string of the molecule is Cc1cccc(N2C(=O)C(c3cc(C)c(O)c(C)c3)(c3cc(F)c(C)cc3O)c3ccccc32)c1. The quantitative estimate of drug-likeness (QED) is 0.362. The zero-order chi connectivity index (χ0) is 25.1. The first-order valence-corrected chi connectivity index (χ1v) is 11.5. The second kappa shape index (κ2) is 7.98. The van der Waals surface area contributed by atoms with Crippen LogP contribution in [0.25, 0.3) is 0 Å². The summed E-state index contributed by atoms with van der Waals surface area (Å²) in [6.07, 6.45) is 0.